The number of nitrogens with one attached hydrogen (secondary N) is 1. The molecule has 0 aliphatic carbocycles. The fourth-order valence-corrected chi connectivity index (χ4v) is 5.64. The van der Waals surface area contributed by atoms with Gasteiger partial charge in [-0.1, -0.05) is 30.3 Å². The van der Waals surface area contributed by atoms with Crippen LogP contribution in [0.3, 0.4) is 0 Å². The molecule has 2 N–H and O–H groups in total. The van der Waals surface area contributed by atoms with E-state index < -0.39 is 16.1 Å². The highest BCUT2D eigenvalue weighted by molar-refractivity contribution is 7.89. The second-order valence-corrected chi connectivity index (χ2v) is 11.0. The van der Waals surface area contributed by atoms with E-state index in [-0.39, 0.29) is 23.2 Å². The maximum atomic E-state index is 13.0. The molecule has 3 aromatic rings. The van der Waals surface area contributed by atoms with Crippen molar-refractivity contribution in [3.8, 4) is 5.75 Å². The standard InChI is InChI=1S/C28H31N3O6S/c1-21(32)29-24-9-13-27(14-10-24)38(35,36)31-17-15-30(16-18-31)19-25(33)20-37-26-11-7-23(8-12-26)28(34)22-5-3-2-4-6-22/h2-14,25,33H,15-20H2,1H3,(H,29,32)/t25-/m0/s1. The number of piperazine rings is 1. The number of carbonyl (C=O) groups excluding carboxylic acids is 2. The predicted octanol–water partition coefficient (Wildman–Crippen LogP) is 2.62. The van der Waals surface area contributed by atoms with E-state index in [0.717, 1.165) is 0 Å². The molecule has 1 heterocycles. The van der Waals surface area contributed by atoms with Gasteiger partial charge < -0.3 is 15.2 Å². The summed E-state index contributed by atoms with van der Waals surface area (Å²) < 4.78 is 33.1. The summed E-state index contributed by atoms with van der Waals surface area (Å²) in [4.78, 5) is 25.9. The van der Waals surface area contributed by atoms with E-state index in [2.05, 4.69) is 5.32 Å². The highest BCUT2D eigenvalue weighted by Gasteiger charge is 2.29. The smallest absolute Gasteiger partial charge is 0.243 e. The molecule has 0 aromatic heterocycles. The molecule has 0 unspecified atom stereocenters. The first-order chi connectivity index (χ1) is 18.2. The van der Waals surface area contributed by atoms with E-state index in [1.165, 1.54) is 23.4 Å². The first-order valence-electron chi connectivity index (χ1n) is 12.3. The number of amides is 1. The van der Waals surface area contributed by atoms with Crippen molar-refractivity contribution in [2.24, 2.45) is 0 Å². The number of aliphatic hydroxyl groups is 1. The minimum absolute atomic E-state index is 0.0691. The first-order valence-corrected chi connectivity index (χ1v) is 13.8. The van der Waals surface area contributed by atoms with Gasteiger partial charge in [0.05, 0.1) is 4.90 Å². The molecule has 1 atom stereocenters. The van der Waals surface area contributed by atoms with Gasteiger partial charge in [0.2, 0.25) is 15.9 Å². The van der Waals surface area contributed by atoms with Gasteiger partial charge in [-0.15, -0.1) is 0 Å². The SMILES string of the molecule is CC(=O)Nc1ccc(S(=O)(=O)N2CCN(C[C@H](O)COc3ccc(C(=O)c4ccccc4)cc3)CC2)cc1. The summed E-state index contributed by atoms with van der Waals surface area (Å²) in [5.74, 6) is 0.256. The Morgan fingerprint density at radius 2 is 1.50 bits per heavy atom. The zero-order valence-corrected chi connectivity index (χ0v) is 21.9. The average molecular weight is 538 g/mol. The number of hydrogen-bond donors (Lipinski definition) is 2. The Balaban J connectivity index is 1.22. The van der Waals surface area contributed by atoms with Crippen LogP contribution in [-0.2, 0) is 14.8 Å². The topological polar surface area (TPSA) is 116 Å². The van der Waals surface area contributed by atoms with Crippen molar-refractivity contribution < 1.29 is 27.9 Å². The summed E-state index contributed by atoms with van der Waals surface area (Å²) in [6.07, 6.45) is -0.759. The maximum absolute atomic E-state index is 13.0. The van der Waals surface area contributed by atoms with Crippen molar-refractivity contribution in [1.82, 2.24) is 9.21 Å². The van der Waals surface area contributed by atoms with E-state index in [9.17, 15) is 23.1 Å². The van der Waals surface area contributed by atoms with Crippen LogP contribution >= 0.6 is 0 Å². The largest absolute Gasteiger partial charge is 0.491 e. The Labute approximate surface area is 222 Å². The average Bonchev–Trinajstić information content (AvgIpc) is 2.92. The molecule has 0 saturated carbocycles. The fraction of sp³-hybridized carbons (Fsp3) is 0.286. The van der Waals surface area contributed by atoms with Crippen molar-refractivity contribution in [3.63, 3.8) is 0 Å². The number of ketones is 1. The Kier molecular flexibility index (Phi) is 8.90. The van der Waals surface area contributed by atoms with Crippen molar-refractivity contribution in [2.75, 3.05) is 44.6 Å². The molecule has 1 fully saturated rings. The molecule has 1 saturated heterocycles. The number of sulfonamides is 1. The van der Waals surface area contributed by atoms with E-state index in [4.69, 9.17) is 4.74 Å². The molecule has 0 bridgehead atoms. The zero-order chi connectivity index (χ0) is 27.1. The number of rotatable bonds is 10. The monoisotopic (exact) mass is 537 g/mol. The molecule has 1 amide bonds. The number of β-amino-alcohol motifs (C(OH)–C–C–N with tert-alkyl or cyclic N) is 1. The minimum atomic E-state index is -3.65. The van der Waals surface area contributed by atoms with Crippen LogP contribution in [0.4, 0.5) is 5.69 Å². The highest BCUT2D eigenvalue weighted by atomic mass is 32.2. The van der Waals surface area contributed by atoms with Crippen LogP contribution < -0.4 is 10.1 Å². The number of benzene rings is 3. The van der Waals surface area contributed by atoms with Crippen LogP contribution in [0.25, 0.3) is 0 Å². The quantitative estimate of drug-likeness (QED) is 0.382. The van der Waals surface area contributed by atoms with Crippen molar-refractivity contribution in [1.29, 1.82) is 0 Å². The minimum Gasteiger partial charge on any atom is -0.491 e. The second kappa shape index (κ2) is 12.3. The zero-order valence-electron chi connectivity index (χ0n) is 21.1. The molecule has 38 heavy (non-hydrogen) atoms. The highest BCUT2D eigenvalue weighted by Crippen LogP contribution is 2.20. The first kappa shape index (κ1) is 27.5. The summed E-state index contributed by atoms with van der Waals surface area (Å²) in [5, 5.41) is 13.1. The van der Waals surface area contributed by atoms with Gasteiger partial charge >= 0.3 is 0 Å². The van der Waals surface area contributed by atoms with E-state index in [1.54, 1.807) is 48.5 Å². The molecular weight excluding hydrogens is 506 g/mol. The second-order valence-electron chi connectivity index (χ2n) is 9.09. The van der Waals surface area contributed by atoms with E-state index in [0.29, 0.717) is 55.3 Å². The summed E-state index contributed by atoms with van der Waals surface area (Å²) in [6.45, 7) is 3.39. The molecule has 200 valence electrons. The summed E-state index contributed by atoms with van der Waals surface area (Å²) in [5.41, 5.74) is 1.71. The van der Waals surface area contributed by atoms with Crippen LogP contribution in [0.2, 0.25) is 0 Å². The van der Waals surface area contributed by atoms with Crippen molar-refractivity contribution >= 4 is 27.4 Å². The number of aliphatic hydroxyl groups excluding tert-OH is 1. The Hall–Kier alpha value is -3.57. The van der Waals surface area contributed by atoms with Gasteiger partial charge in [-0.05, 0) is 48.5 Å². The van der Waals surface area contributed by atoms with Crippen LogP contribution in [0.5, 0.6) is 5.75 Å². The third kappa shape index (κ3) is 7.05. The molecule has 10 heteroatoms. The van der Waals surface area contributed by atoms with Gasteiger partial charge in [-0.2, -0.15) is 4.31 Å². The van der Waals surface area contributed by atoms with Crippen LogP contribution in [0.15, 0.2) is 83.8 Å². The normalized spacial score (nSPS) is 15.5. The molecule has 0 radical (unpaired) electrons. The van der Waals surface area contributed by atoms with Gasteiger partial charge in [-0.3, -0.25) is 14.5 Å². The molecule has 9 nitrogen and oxygen atoms in total. The number of ether oxygens (including phenoxy) is 1. The van der Waals surface area contributed by atoms with Crippen molar-refractivity contribution in [2.45, 2.75) is 17.9 Å². The fourth-order valence-electron chi connectivity index (χ4n) is 4.22. The maximum Gasteiger partial charge on any atom is 0.243 e. The third-order valence-corrected chi connectivity index (χ3v) is 8.12. The molecule has 4 rings (SSSR count). The van der Waals surface area contributed by atoms with Crippen LogP contribution in [0.1, 0.15) is 22.8 Å². The summed E-state index contributed by atoms with van der Waals surface area (Å²) in [6, 6.07) is 21.9. The van der Waals surface area contributed by atoms with Gasteiger partial charge in [0.15, 0.2) is 5.78 Å². The van der Waals surface area contributed by atoms with Crippen LogP contribution in [0, 0.1) is 0 Å². The Morgan fingerprint density at radius 3 is 2.11 bits per heavy atom. The lowest BCUT2D eigenvalue weighted by Crippen LogP contribution is -2.50. The Bertz CT molecular complexity index is 1340. The predicted molar refractivity (Wildman–Crippen MR) is 144 cm³/mol. The molecule has 0 spiro atoms. The molecule has 1 aliphatic heterocycles. The van der Waals surface area contributed by atoms with E-state index >= 15 is 0 Å². The summed E-state index contributed by atoms with van der Waals surface area (Å²) in [7, 11) is -3.65. The molecular formula is C28H31N3O6S. The molecule has 3 aromatic carbocycles. The van der Waals surface area contributed by atoms with Gasteiger partial charge in [0, 0.05) is 56.5 Å². The number of hydrogen-bond acceptors (Lipinski definition) is 7. The Morgan fingerprint density at radius 1 is 0.895 bits per heavy atom. The lowest BCUT2D eigenvalue weighted by molar-refractivity contribution is -0.114. The van der Waals surface area contributed by atoms with Gasteiger partial charge in [-0.25, -0.2) is 8.42 Å². The number of anilines is 1. The van der Waals surface area contributed by atoms with Gasteiger partial charge in [0.1, 0.15) is 18.5 Å². The van der Waals surface area contributed by atoms with Gasteiger partial charge in [0.25, 0.3) is 0 Å². The van der Waals surface area contributed by atoms with E-state index in [1.807, 2.05) is 23.1 Å². The van der Waals surface area contributed by atoms with Crippen molar-refractivity contribution in [3.05, 3.63) is 90.0 Å². The third-order valence-electron chi connectivity index (χ3n) is 6.21. The number of nitrogens with zero attached hydrogens (tertiary/aromatic N) is 2. The lowest BCUT2D eigenvalue weighted by Gasteiger charge is -2.34. The summed E-state index contributed by atoms with van der Waals surface area (Å²) >= 11 is 0. The lowest BCUT2D eigenvalue weighted by atomic mass is 10.0. The molecule has 1 aliphatic rings. The van der Waals surface area contributed by atoms with Crippen LogP contribution in [-0.4, -0.2) is 79.9 Å². The number of carbonyl (C=O) groups is 2.